The van der Waals surface area contributed by atoms with Crippen molar-refractivity contribution in [1.29, 1.82) is 0 Å². The quantitative estimate of drug-likeness (QED) is 0.791. The number of nitrogens with one attached hydrogen (secondary N) is 1. The van der Waals surface area contributed by atoms with E-state index in [1.54, 1.807) is 0 Å². The van der Waals surface area contributed by atoms with Gasteiger partial charge in [-0.2, -0.15) is 0 Å². The molecule has 18 heavy (non-hydrogen) atoms. The number of piperidine rings is 1. The maximum absolute atomic E-state index is 12.2. The van der Waals surface area contributed by atoms with Crippen molar-refractivity contribution in [3.05, 3.63) is 0 Å². The van der Waals surface area contributed by atoms with E-state index < -0.39 is 0 Å². The number of carbonyl (C=O) groups excluding carboxylic acids is 1. The van der Waals surface area contributed by atoms with Crippen molar-refractivity contribution in [2.75, 3.05) is 13.1 Å². The maximum atomic E-state index is 12.2. The van der Waals surface area contributed by atoms with E-state index in [4.69, 9.17) is 0 Å². The Morgan fingerprint density at radius 2 is 2.11 bits per heavy atom. The zero-order valence-corrected chi connectivity index (χ0v) is 11.6. The highest BCUT2D eigenvalue weighted by Crippen LogP contribution is 2.25. The molecule has 2 fully saturated rings. The van der Waals surface area contributed by atoms with E-state index in [9.17, 15) is 9.90 Å². The Balaban J connectivity index is 1.84. The molecule has 2 aliphatic rings. The molecule has 1 aliphatic heterocycles. The van der Waals surface area contributed by atoms with Crippen LogP contribution in [-0.2, 0) is 0 Å². The molecule has 1 heterocycles. The fourth-order valence-electron chi connectivity index (χ4n) is 3.20. The summed E-state index contributed by atoms with van der Waals surface area (Å²) in [5, 5.41) is 12.8. The van der Waals surface area contributed by atoms with Crippen LogP contribution in [-0.4, -0.2) is 41.3 Å². The van der Waals surface area contributed by atoms with E-state index in [2.05, 4.69) is 12.2 Å². The minimum Gasteiger partial charge on any atom is -0.393 e. The standard InChI is InChI=1S/C14H26N2O2/c1-10-5-3-7-13(10)15-14(18)16-8-4-6-12(9-16)11(2)17/h10-13,17H,3-9H2,1-2H3,(H,15,18). The molecule has 2 N–H and O–H groups in total. The second kappa shape index (κ2) is 5.91. The number of urea groups is 1. The normalized spacial score (nSPS) is 34.4. The summed E-state index contributed by atoms with van der Waals surface area (Å²) < 4.78 is 0. The first-order valence-electron chi connectivity index (χ1n) is 7.31. The van der Waals surface area contributed by atoms with Gasteiger partial charge in [-0.1, -0.05) is 13.3 Å². The van der Waals surface area contributed by atoms with E-state index in [1.807, 2.05) is 11.8 Å². The van der Waals surface area contributed by atoms with Gasteiger partial charge in [-0.15, -0.1) is 0 Å². The molecule has 4 nitrogen and oxygen atoms in total. The van der Waals surface area contributed by atoms with E-state index in [-0.39, 0.29) is 18.1 Å². The second-order valence-electron chi connectivity index (χ2n) is 6.05. The van der Waals surface area contributed by atoms with E-state index >= 15 is 0 Å². The van der Waals surface area contributed by atoms with Crippen molar-refractivity contribution in [3.63, 3.8) is 0 Å². The Bertz CT molecular complexity index is 294. The Kier molecular flexibility index (Phi) is 4.49. The van der Waals surface area contributed by atoms with Gasteiger partial charge in [0.05, 0.1) is 6.10 Å². The van der Waals surface area contributed by atoms with Crippen molar-refractivity contribution in [3.8, 4) is 0 Å². The van der Waals surface area contributed by atoms with Crippen LogP contribution in [0.5, 0.6) is 0 Å². The smallest absolute Gasteiger partial charge is 0.317 e. The predicted octanol–water partition coefficient (Wildman–Crippen LogP) is 1.98. The molecule has 0 bridgehead atoms. The molecule has 0 aromatic carbocycles. The van der Waals surface area contributed by atoms with Crippen molar-refractivity contribution >= 4 is 6.03 Å². The van der Waals surface area contributed by atoms with Crippen molar-refractivity contribution in [2.24, 2.45) is 11.8 Å². The van der Waals surface area contributed by atoms with Gasteiger partial charge in [0.25, 0.3) is 0 Å². The van der Waals surface area contributed by atoms with Crippen LogP contribution in [0.1, 0.15) is 46.0 Å². The molecule has 2 amide bonds. The SMILES string of the molecule is CC(O)C1CCCN(C(=O)NC2CCCC2C)C1. The highest BCUT2D eigenvalue weighted by molar-refractivity contribution is 5.74. The van der Waals surface area contributed by atoms with Crippen LogP contribution < -0.4 is 5.32 Å². The molecule has 0 radical (unpaired) electrons. The number of carbonyl (C=O) groups is 1. The first kappa shape index (κ1) is 13.7. The predicted molar refractivity (Wildman–Crippen MR) is 71.3 cm³/mol. The minimum atomic E-state index is -0.314. The summed E-state index contributed by atoms with van der Waals surface area (Å²) in [5.74, 6) is 0.844. The van der Waals surface area contributed by atoms with E-state index in [0.717, 1.165) is 25.8 Å². The molecule has 0 aromatic rings. The van der Waals surface area contributed by atoms with Crippen LogP contribution in [0.4, 0.5) is 4.79 Å². The summed E-state index contributed by atoms with van der Waals surface area (Å²) in [6.07, 6.45) is 5.28. The molecule has 0 aromatic heterocycles. The first-order valence-corrected chi connectivity index (χ1v) is 7.31. The molecular formula is C14H26N2O2. The lowest BCUT2D eigenvalue weighted by Crippen LogP contribution is -2.50. The summed E-state index contributed by atoms with van der Waals surface area (Å²) in [4.78, 5) is 14.1. The van der Waals surface area contributed by atoms with Gasteiger partial charge < -0.3 is 15.3 Å². The van der Waals surface area contributed by atoms with Gasteiger partial charge in [-0.25, -0.2) is 4.79 Å². The summed E-state index contributed by atoms with van der Waals surface area (Å²) in [5.41, 5.74) is 0. The highest BCUT2D eigenvalue weighted by Gasteiger charge is 2.30. The second-order valence-corrected chi connectivity index (χ2v) is 6.05. The zero-order valence-electron chi connectivity index (χ0n) is 11.6. The molecule has 2 rings (SSSR count). The van der Waals surface area contributed by atoms with Gasteiger partial charge in [0.15, 0.2) is 0 Å². The summed E-state index contributed by atoms with van der Waals surface area (Å²) >= 11 is 0. The largest absolute Gasteiger partial charge is 0.393 e. The fraction of sp³-hybridized carbons (Fsp3) is 0.929. The van der Waals surface area contributed by atoms with Gasteiger partial charge in [0.2, 0.25) is 0 Å². The molecule has 1 saturated heterocycles. The highest BCUT2D eigenvalue weighted by atomic mass is 16.3. The molecule has 0 spiro atoms. The number of aliphatic hydroxyl groups excluding tert-OH is 1. The topological polar surface area (TPSA) is 52.6 Å². The minimum absolute atomic E-state index is 0.0686. The average Bonchev–Trinajstić information content (AvgIpc) is 2.75. The van der Waals surface area contributed by atoms with E-state index in [0.29, 0.717) is 18.5 Å². The van der Waals surface area contributed by atoms with Crippen LogP contribution in [0.3, 0.4) is 0 Å². The summed E-state index contributed by atoms with van der Waals surface area (Å²) in [6, 6.07) is 0.420. The van der Waals surface area contributed by atoms with Crippen LogP contribution in [0.2, 0.25) is 0 Å². The molecule has 1 saturated carbocycles. The summed E-state index contributed by atoms with van der Waals surface area (Å²) in [6.45, 7) is 5.57. The molecular weight excluding hydrogens is 228 g/mol. The first-order chi connectivity index (χ1) is 8.58. The van der Waals surface area contributed by atoms with E-state index in [1.165, 1.54) is 12.8 Å². The van der Waals surface area contributed by atoms with Crippen molar-refractivity contribution in [1.82, 2.24) is 10.2 Å². The number of likely N-dealkylation sites (tertiary alicyclic amines) is 1. The average molecular weight is 254 g/mol. The van der Waals surface area contributed by atoms with Gasteiger partial charge in [-0.3, -0.25) is 0 Å². The molecule has 104 valence electrons. The van der Waals surface area contributed by atoms with Crippen LogP contribution >= 0.6 is 0 Å². The third-order valence-electron chi connectivity index (χ3n) is 4.60. The third kappa shape index (κ3) is 3.16. The number of hydrogen-bond acceptors (Lipinski definition) is 2. The lowest BCUT2D eigenvalue weighted by molar-refractivity contribution is 0.0730. The Labute approximate surface area is 110 Å². The Morgan fingerprint density at radius 1 is 1.33 bits per heavy atom. The Hall–Kier alpha value is -0.770. The number of aliphatic hydroxyl groups is 1. The molecule has 4 atom stereocenters. The number of rotatable bonds is 2. The summed E-state index contributed by atoms with van der Waals surface area (Å²) in [7, 11) is 0. The number of amides is 2. The van der Waals surface area contributed by atoms with Crippen LogP contribution in [0.25, 0.3) is 0 Å². The molecule has 4 heteroatoms. The van der Waals surface area contributed by atoms with Crippen LogP contribution in [0, 0.1) is 11.8 Å². The van der Waals surface area contributed by atoms with Gasteiger partial charge in [0.1, 0.15) is 0 Å². The lowest BCUT2D eigenvalue weighted by Gasteiger charge is -2.35. The van der Waals surface area contributed by atoms with Crippen molar-refractivity contribution < 1.29 is 9.90 Å². The van der Waals surface area contributed by atoms with Gasteiger partial charge >= 0.3 is 6.03 Å². The lowest BCUT2D eigenvalue weighted by atomic mass is 9.93. The van der Waals surface area contributed by atoms with Gasteiger partial charge in [0, 0.05) is 25.0 Å². The third-order valence-corrected chi connectivity index (χ3v) is 4.60. The Morgan fingerprint density at radius 3 is 2.72 bits per heavy atom. The molecule has 1 aliphatic carbocycles. The maximum Gasteiger partial charge on any atom is 0.317 e. The zero-order chi connectivity index (χ0) is 13.1. The fourth-order valence-corrected chi connectivity index (χ4v) is 3.20. The van der Waals surface area contributed by atoms with Crippen molar-refractivity contribution in [2.45, 2.75) is 58.1 Å². The number of nitrogens with zero attached hydrogens (tertiary/aromatic N) is 1. The monoisotopic (exact) mass is 254 g/mol. The van der Waals surface area contributed by atoms with Gasteiger partial charge in [-0.05, 0) is 38.5 Å². The van der Waals surface area contributed by atoms with Crippen LogP contribution in [0.15, 0.2) is 0 Å². The molecule has 4 unspecified atom stereocenters. The number of hydrogen-bond donors (Lipinski definition) is 2.